The van der Waals surface area contributed by atoms with E-state index in [1.165, 1.54) is 12.8 Å². The lowest BCUT2D eigenvalue weighted by molar-refractivity contribution is 0.101. The molecule has 118 valence electrons. The smallest absolute Gasteiger partial charge is 0.411 e. The van der Waals surface area contributed by atoms with E-state index in [9.17, 15) is 4.79 Å². The third kappa shape index (κ3) is 6.52. The fourth-order valence-electron chi connectivity index (χ4n) is 2.11. The highest BCUT2D eigenvalue weighted by molar-refractivity contribution is 5.85. The van der Waals surface area contributed by atoms with E-state index in [0.29, 0.717) is 0 Å². The van der Waals surface area contributed by atoms with Crippen molar-refractivity contribution in [1.82, 2.24) is 0 Å². The van der Waals surface area contributed by atoms with Gasteiger partial charge in [0.2, 0.25) is 0 Å². The molecule has 1 aromatic carbocycles. The lowest BCUT2D eigenvalue weighted by Crippen LogP contribution is -2.22. The zero-order valence-corrected chi connectivity index (χ0v) is 13.7. The van der Waals surface area contributed by atoms with Crippen molar-refractivity contribution < 1.29 is 9.53 Å². The quantitative estimate of drug-likeness (QED) is 0.708. The predicted molar refractivity (Wildman–Crippen MR) is 89.1 cm³/mol. The van der Waals surface area contributed by atoms with Gasteiger partial charge in [-0.15, -0.1) is 0 Å². The van der Waals surface area contributed by atoms with Gasteiger partial charge in [0.15, 0.2) is 0 Å². The number of nitrogens with zero attached hydrogens (tertiary/aromatic N) is 1. The number of hydrogen-bond donors (Lipinski definition) is 1. The number of rotatable bonds is 8. The van der Waals surface area contributed by atoms with Gasteiger partial charge < -0.3 is 9.64 Å². The summed E-state index contributed by atoms with van der Waals surface area (Å²) in [6.07, 6.45) is 4.93. The van der Waals surface area contributed by atoms with E-state index in [1.807, 2.05) is 43.3 Å². The zero-order valence-electron chi connectivity index (χ0n) is 13.7. The second kappa shape index (κ2) is 9.27. The number of carbonyl (C=O) groups is 1. The number of amides is 1. The van der Waals surface area contributed by atoms with Crippen molar-refractivity contribution in [1.29, 1.82) is 0 Å². The average molecular weight is 292 g/mol. The minimum Gasteiger partial charge on any atom is -0.446 e. The Hall–Kier alpha value is -1.71. The summed E-state index contributed by atoms with van der Waals surface area (Å²) in [7, 11) is 3.97. The van der Waals surface area contributed by atoms with Crippen molar-refractivity contribution in [3.63, 3.8) is 0 Å². The molecule has 0 aliphatic heterocycles. The molecule has 0 heterocycles. The molecule has 0 aromatic heterocycles. The van der Waals surface area contributed by atoms with Gasteiger partial charge in [-0.25, -0.2) is 4.79 Å². The van der Waals surface area contributed by atoms with Crippen LogP contribution in [0.5, 0.6) is 0 Å². The summed E-state index contributed by atoms with van der Waals surface area (Å²) in [6.45, 7) is 4.22. The molecular formula is C17H28N2O2. The van der Waals surface area contributed by atoms with Gasteiger partial charge in [-0.3, -0.25) is 5.32 Å². The average Bonchev–Trinajstić information content (AvgIpc) is 2.47. The van der Waals surface area contributed by atoms with Crippen molar-refractivity contribution >= 4 is 17.5 Å². The standard InChI is InChI=1S/C17H28N2O2/c1-5-7-8-9-16(6-2)21-17(20)18-14-10-12-15(13-11-14)19(3)4/h10-13,16H,5-9H2,1-4H3,(H,18,20). The first-order valence-corrected chi connectivity index (χ1v) is 7.81. The van der Waals surface area contributed by atoms with E-state index >= 15 is 0 Å². The lowest BCUT2D eigenvalue weighted by Gasteiger charge is -2.17. The second-order valence-corrected chi connectivity index (χ2v) is 5.50. The summed E-state index contributed by atoms with van der Waals surface area (Å²) in [5.41, 5.74) is 1.86. The number of unbranched alkanes of at least 4 members (excludes halogenated alkanes) is 2. The van der Waals surface area contributed by atoms with Gasteiger partial charge in [-0.1, -0.05) is 26.7 Å². The molecule has 1 amide bonds. The Morgan fingerprint density at radius 1 is 1.19 bits per heavy atom. The molecule has 4 heteroatoms. The molecule has 21 heavy (non-hydrogen) atoms. The first-order chi connectivity index (χ1) is 10.1. The molecule has 0 aliphatic carbocycles. The summed E-state index contributed by atoms with van der Waals surface area (Å²) in [6, 6.07) is 7.70. The van der Waals surface area contributed by atoms with E-state index in [-0.39, 0.29) is 12.2 Å². The maximum atomic E-state index is 11.9. The molecule has 4 nitrogen and oxygen atoms in total. The molecule has 0 saturated carbocycles. The van der Waals surface area contributed by atoms with E-state index < -0.39 is 0 Å². The van der Waals surface area contributed by atoms with E-state index in [1.54, 1.807) is 0 Å². The molecule has 1 unspecified atom stereocenters. The molecular weight excluding hydrogens is 264 g/mol. The van der Waals surface area contributed by atoms with Crippen LogP contribution in [0.2, 0.25) is 0 Å². The third-order valence-corrected chi connectivity index (χ3v) is 3.49. The number of anilines is 2. The summed E-state index contributed by atoms with van der Waals surface area (Å²) in [5.74, 6) is 0. The van der Waals surface area contributed by atoms with Gasteiger partial charge in [0.05, 0.1) is 0 Å². The molecule has 0 spiro atoms. The van der Waals surface area contributed by atoms with Gasteiger partial charge in [0.25, 0.3) is 0 Å². The Kier molecular flexibility index (Phi) is 7.65. The van der Waals surface area contributed by atoms with Gasteiger partial charge in [0.1, 0.15) is 6.10 Å². The first kappa shape index (κ1) is 17.3. The van der Waals surface area contributed by atoms with Gasteiger partial charge in [0, 0.05) is 25.5 Å². The Morgan fingerprint density at radius 2 is 1.86 bits per heavy atom. The Balaban J connectivity index is 2.44. The van der Waals surface area contributed by atoms with Crippen molar-refractivity contribution in [2.24, 2.45) is 0 Å². The molecule has 0 fully saturated rings. The van der Waals surface area contributed by atoms with E-state index in [2.05, 4.69) is 19.2 Å². The zero-order chi connectivity index (χ0) is 15.7. The monoisotopic (exact) mass is 292 g/mol. The van der Waals surface area contributed by atoms with Crippen molar-refractivity contribution in [3.8, 4) is 0 Å². The largest absolute Gasteiger partial charge is 0.446 e. The van der Waals surface area contributed by atoms with Gasteiger partial charge in [-0.05, 0) is 43.5 Å². The predicted octanol–water partition coefficient (Wildman–Crippen LogP) is 4.66. The van der Waals surface area contributed by atoms with Crippen LogP contribution in [0, 0.1) is 0 Å². The third-order valence-electron chi connectivity index (χ3n) is 3.49. The summed E-state index contributed by atoms with van der Waals surface area (Å²) >= 11 is 0. The van der Waals surface area contributed by atoms with Gasteiger partial charge in [-0.2, -0.15) is 0 Å². The van der Waals surface area contributed by atoms with Crippen LogP contribution in [0.25, 0.3) is 0 Å². The molecule has 1 N–H and O–H groups in total. The van der Waals surface area contributed by atoms with E-state index in [0.717, 1.165) is 30.6 Å². The van der Waals surface area contributed by atoms with Crippen LogP contribution in [-0.4, -0.2) is 26.3 Å². The number of carbonyl (C=O) groups excluding carboxylic acids is 1. The van der Waals surface area contributed by atoms with Crippen LogP contribution in [0.4, 0.5) is 16.2 Å². The molecule has 0 saturated heterocycles. The SMILES string of the molecule is CCCCCC(CC)OC(=O)Nc1ccc(N(C)C)cc1. The highest BCUT2D eigenvalue weighted by Gasteiger charge is 2.12. The minimum absolute atomic E-state index is 0.0117. The van der Waals surface area contributed by atoms with Crippen molar-refractivity contribution in [3.05, 3.63) is 24.3 Å². The molecule has 0 aliphatic rings. The van der Waals surface area contributed by atoms with Crippen LogP contribution in [-0.2, 0) is 4.74 Å². The molecule has 1 aromatic rings. The van der Waals surface area contributed by atoms with Crippen LogP contribution in [0.1, 0.15) is 46.0 Å². The first-order valence-electron chi connectivity index (χ1n) is 7.81. The lowest BCUT2D eigenvalue weighted by atomic mass is 10.1. The maximum absolute atomic E-state index is 11.9. The normalized spacial score (nSPS) is 11.8. The van der Waals surface area contributed by atoms with Crippen LogP contribution in [0.3, 0.4) is 0 Å². The summed E-state index contributed by atoms with van der Waals surface area (Å²) in [4.78, 5) is 13.9. The van der Waals surface area contributed by atoms with Crippen molar-refractivity contribution in [2.75, 3.05) is 24.3 Å². The van der Waals surface area contributed by atoms with Crippen LogP contribution in [0.15, 0.2) is 24.3 Å². The number of hydrogen-bond acceptors (Lipinski definition) is 3. The number of ether oxygens (including phenoxy) is 1. The van der Waals surface area contributed by atoms with Crippen molar-refractivity contribution in [2.45, 2.75) is 52.1 Å². The molecule has 1 atom stereocenters. The van der Waals surface area contributed by atoms with Crippen LogP contribution >= 0.6 is 0 Å². The maximum Gasteiger partial charge on any atom is 0.411 e. The Bertz CT molecular complexity index is 415. The fourth-order valence-corrected chi connectivity index (χ4v) is 2.11. The fraction of sp³-hybridized carbons (Fsp3) is 0.588. The highest BCUT2D eigenvalue weighted by Crippen LogP contribution is 2.17. The molecule has 1 rings (SSSR count). The Labute approximate surface area is 128 Å². The van der Waals surface area contributed by atoms with Gasteiger partial charge >= 0.3 is 6.09 Å². The topological polar surface area (TPSA) is 41.6 Å². The summed E-state index contributed by atoms with van der Waals surface area (Å²) in [5, 5.41) is 2.78. The highest BCUT2D eigenvalue weighted by atomic mass is 16.6. The number of nitrogens with one attached hydrogen (secondary N) is 1. The minimum atomic E-state index is -0.365. The molecule has 0 radical (unpaired) electrons. The molecule has 0 bridgehead atoms. The van der Waals surface area contributed by atoms with E-state index in [4.69, 9.17) is 4.74 Å². The Morgan fingerprint density at radius 3 is 2.38 bits per heavy atom. The summed E-state index contributed by atoms with van der Waals surface area (Å²) < 4.78 is 5.47. The number of benzene rings is 1. The second-order valence-electron chi connectivity index (χ2n) is 5.50. The van der Waals surface area contributed by atoms with Crippen LogP contribution < -0.4 is 10.2 Å².